The zero-order valence-corrected chi connectivity index (χ0v) is 19.0. The average molecular weight is 470 g/mol. The average Bonchev–Trinajstić information content (AvgIpc) is 3.19. The number of ether oxygens (including phenoxy) is 1. The summed E-state index contributed by atoms with van der Waals surface area (Å²) < 4.78 is 5.26. The minimum absolute atomic E-state index is 0.0473. The molecule has 0 radical (unpaired) electrons. The molecule has 1 aliphatic rings. The lowest BCUT2D eigenvalue weighted by Crippen LogP contribution is -2.63. The first-order valence-electron chi connectivity index (χ1n) is 10.7. The third-order valence-electron chi connectivity index (χ3n) is 6.14. The van der Waals surface area contributed by atoms with E-state index in [0.717, 1.165) is 10.5 Å². The Morgan fingerprint density at radius 2 is 1.91 bits per heavy atom. The van der Waals surface area contributed by atoms with Gasteiger partial charge in [-0.3, -0.25) is 9.59 Å². The first kappa shape index (κ1) is 26.1. The van der Waals surface area contributed by atoms with E-state index in [1.807, 2.05) is 0 Å². The quantitative estimate of drug-likeness (QED) is 0.335. The number of methoxy groups -OCH3 is 1. The summed E-state index contributed by atoms with van der Waals surface area (Å²) in [5, 5.41) is 20.2. The second-order valence-corrected chi connectivity index (χ2v) is 8.68. The van der Waals surface area contributed by atoms with Crippen molar-refractivity contribution in [2.24, 2.45) is 17.4 Å². The fourth-order valence-corrected chi connectivity index (χ4v) is 4.38. The molecule has 1 saturated heterocycles. The van der Waals surface area contributed by atoms with Crippen molar-refractivity contribution in [1.29, 1.82) is 0 Å². The summed E-state index contributed by atoms with van der Waals surface area (Å²) in [6.07, 6.45) is 1.26. The molecule has 1 aromatic rings. The Kier molecular flexibility index (Phi) is 9.45. The molecule has 6 N–H and O–H groups in total. The van der Waals surface area contributed by atoms with Crippen LogP contribution in [0.25, 0.3) is 0 Å². The van der Waals surface area contributed by atoms with Crippen LogP contribution in [0.4, 0.5) is 0 Å². The van der Waals surface area contributed by atoms with Gasteiger partial charge in [0.15, 0.2) is 0 Å². The highest BCUT2D eigenvalue weighted by atomic mass is 35.5. The zero-order chi connectivity index (χ0) is 23.9. The number of benzene rings is 1. The van der Waals surface area contributed by atoms with Crippen molar-refractivity contribution in [2.75, 3.05) is 20.2 Å². The van der Waals surface area contributed by atoms with Crippen molar-refractivity contribution in [1.82, 2.24) is 4.90 Å². The first-order valence-corrected chi connectivity index (χ1v) is 11.0. The zero-order valence-electron chi connectivity index (χ0n) is 18.2. The number of carboxylic acids is 2. The summed E-state index contributed by atoms with van der Waals surface area (Å²) in [4.78, 5) is 38.8. The van der Waals surface area contributed by atoms with Gasteiger partial charge in [-0.05, 0) is 56.3 Å². The molecular formula is C22H32ClN3O6. The number of carboxylic acid groups (broad SMARTS) is 2. The van der Waals surface area contributed by atoms with E-state index in [1.165, 1.54) is 7.11 Å². The van der Waals surface area contributed by atoms with E-state index in [9.17, 15) is 24.6 Å². The molecule has 9 nitrogen and oxygen atoms in total. The number of hydrogen-bond donors (Lipinski definition) is 4. The number of nitrogens with two attached hydrogens (primary N) is 2. The Hall–Kier alpha value is -2.20. The number of rotatable bonds is 12. The number of unbranched alkanes of at least 4 members (excludes halogenated alkanes) is 1. The van der Waals surface area contributed by atoms with Crippen LogP contribution >= 0.6 is 11.6 Å². The summed E-state index contributed by atoms with van der Waals surface area (Å²) >= 11 is 5.91. The van der Waals surface area contributed by atoms with Crippen LogP contribution in [-0.4, -0.2) is 70.8 Å². The van der Waals surface area contributed by atoms with Crippen LogP contribution in [0.2, 0.25) is 5.02 Å². The molecule has 178 valence electrons. The molecule has 1 fully saturated rings. The van der Waals surface area contributed by atoms with Crippen LogP contribution in [0, 0.1) is 5.92 Å². The van der Waals surface area contributed by atoms with E-state index in [4.69, 9.17) is 27.8 Å². The van der Waals surface area contributed by atoms with Gasteiger partial charge in [-0.1, -0.05) is 23.7 Å². The molecule has 4 atom stereocenters. The number of halogens is 1. The van der Waals surface area contributed by atoms with Crippen molar-refractivity contribution in [3.63, 3.8) is 0 Å². The molecule has 0 bridgehead atoms. The van der Waals surface area contributed by atoms with Gasteiger partial charge < -0.3 is 31.3 Å². The highest BCUT2D eigenvalue weighted by Crippen LogP contribution is 2.32. The van der Waals surface area contributed by atoms with Gasteiger partial charge in [-0.2, -0.15) is 0 Å². The summed E-state index contributed by atoms with van der Waals surface area (Å²) in [5.74, 6) is -4.25. The third kappa shape index (κ3) is 6.19. The van der Waals surface area contributed by atoms with Gasteiger partial charge in [0.1, 0.15) is 11.6 Å². The SMILES string of the molecule is CO[C@@H]1C[C@@H](C(=O)O)N(C(=O)[C@@](N)(CCCCN)C(CCc2ccc(Cl)cc2)C(=O)O)C1. The Balaban J connectivity index is 2.33. The second-order valence-electron chi connectivity index (χ2n) is 8.25. The minimum atomic E-state index is -1.77. The molecule has 10 heteroatoms. The molecule has 32 heavy (non-hydrogen) atoms. The van der Waals surface area contributed by atoms with Gasteiger partial charge in [-0.15, -0.1) is 0 Å². The van der Waals surface area contributed by atoms with Crippen molar-refractivity contribution in [3.05, 3.63) is 34.9 Å². The molecule has 1 aromatic carbocycles. The Bertz CT molecular complexity index is 805. The summed E-state index contributed by atoms with van der Waals surface area (Å²) in [6, 6.07) is 5.89. The number of aryl methyl sites for hydroxylation is 1. The topological polar surface area (TPSA) is 156 Å². The van der Waals surface area contributed by atoms with E-state index in [1.54, 1.807) is 24.3 Å². The summed E-state index contributed by atoms with van der Waals surface area (Å²) in [5.41, 5.74) is 11.2. The van der Waals surface area contributed by atoms with Gasteiger partial charge in [0, 0.05) is 25.1 Å². The predicted molar refractivity (Wildman–Crippen MR) is 119 cm³/mol. The maximum absolute atomic E-state index is 13.6. The predicted octanol–water partition coefficient (Wildman–Crippen LogP) is 1.50. The minimum Gasteiger partial charge on any atom is -0.481 e. The van der Waals surface area contributed by atoms with Gasteiger partial charge in [0.05, 0.1) is 12.0 Å². The van der Waals surface area contributed by atoms with Crippen molar-refractivity contribution >= 4 is 29.4 Å². The van der Waals surface area contributed by atoms with Crippen molar-refractivity contribution in [3.8, 4) is 0 Å². The Morgan fingerprint density at radius 1 is 1.25 bits per heavy atom. The second kappa shape index (κ2) is 11.6. The number of hydrogen-bond acceptors (Lipinski definition) is 6. The molecule has 1 heterocycles. The number of amides is 1. The smallest absolute Gasteiger partial charge is 0.326 e. The number of nitrogens with zero attached hydrogens (tertiary/aromatic N) is 1. The lowest BCUT2D eigenvalue weighted by Gasteiger charge is -2.38. The van der Waals surface area contributed by atoms with E-state index >= 15 is 0 Å². The molecule has 1 unspecified atom stereocenters. The maximum atomic E-state index is 13.6. The van der Waals surface area contributed by atoms with Crippen LogP contribution in [-0.2, 0) is 25.5 Å². The van der Waals surface area contributed by atoms with Crippen LogP contribution in [0.1, 0.15) is 37.7 Å². The largest absolute Gasteiger partial charge is 0.481 e. The molecule has 2 rings (SSSR count). The summed E-state index contributed by atoms with van der Waals surface area (Å²) in [7, 11) is 1.45. The fourth-order valence-electron chi connectivity index (χ4n) is 4.25. The van der Waals surface area contributed by atoms with Crippen LogP contribution in [0.5, 0.6) is 0 Å². The first-order chi connectivity index (χ1) is 15.1. The van der Waals surface area contributed by atoms with Gasteiger partial charge in [-0.25, -0.2) is 4.79 Å². The summed E-state index contributed by atoms with van der Waals surface area (Å²) in [6.45, 7) is 0.422. The molecule has 1 amide bonds. The van der Waals surface area contributed by atoms with E-state index < -0.39 is 41.4 Å². The molecule has 0 spiro atoms. The van der Waals surface area contributed by atoms with Gasteiger partial charge >= 0.3 is 11.9 Å². The van der Waals surface area contributed by atoms with Crippen molar-refractivity contribution in [2.45, 2.75) is 56.2 Å². The number of likely N-dealkylation sites (tertiary alicyclic amines) is 1. The van der Waals surface area contributed by atoms with Crippen LogP contribution in [0.15, 0.2) is 24.3 Å². The highest BCUT2D eigenvalue weighted by Gasteiger charge is 2.51. The van der Waals surface area contributed by atoms with Crippen LogP contribution < -0.4 is 11.5 Å². The highest BCUT2D eigenvalue weighted by molar-refractivity contribution is 6.30. The molecule has 0 aliphatic carbocycles. The Morgan fingerprint density at radius 3 is 2.44 bits per heavy atom. The third-order valence-corrected chi connectivity index (χ3v) is 6.39. The lowest BCUT2D eigenvalue weighted by molar-refractivity contribution is -0.156. The monoisotopic (exact) mass is 469 g/mol. The van der Waals surface area contributed by atoms with Gasteiger partial charge in [0.2, 0.25) is 5.91 Å². The molecular weight excluding hydrogens is 438 g/mol. The fraction of sp³-hybridized carbons (Fsp3) is 0.591. The lowest BCUT2D eigenvalue weighted by atomic mass is 9.76. The van der Waals surface area contributed by atoms with E-state index in [2.05, 4.69) is 0 Å². The normalized spacial score (nSPS) is 21.2. The number of aliphatic carboxylic acids is 2. The molecule has 0 saturated carbocycles. The van der Waals surface area contributed by atoms with E-state index in [-0.39, 0.29) is 25.8 Å². The van der Waals surface area contributed by atoms with Crippen LogP contribution in [0.3, 0.4) is 0 Å². The Labute approximate surface area is 192 Å². The van der Waals surface area contributed by atoms with Crippen molar-refractivity contribution < 1.29 is 29.3 Å². The maximum Gasteiger partial charge on any atom is 0.326 e. The molecule has 0 aromatic heterocycles. The van der Waals surface area contributed by atoms with E-state index in [0.29, 0.717) is 30.8 Å². The number of carbonyl (C=O) groups excluding carboxylic acids is 1. The number of carbonyl (C=O) groups is 3. The standard InChI is InChI=1S/C22H32ClN3O6/c1-32-16-12-18(20(29)30)26(13-16)21(31)22(25,10-2-3-11-24)17(19(27)28)9-6-14-4-7-15(23)8-5-14/h4-5,7-8,16-18H,2-3,6,9-13,24-25H2,1H3,(H,27,28)(H,29,30)/t16-,17?,18+,22-/m1/s1. The van der Waals surface area contributed by atoms with Gasteiger partial charge in [0.25, 0.3) is 0 Å². The molecule has 1 aliphatic heterocycles.